The number of esters is 1. The zero-order valence-corrected chi connectivity index (χ0v) is 12.1. The number of ether oxygens (including phenoxy) is 1. The Morgan fingerprint density at radius 1 is 1.32 bits per heavy atom. The van der Waals surface area contributed by atoms with E-state index in [9.17, 15) is 4.79 Å². The van der Waals surface area contributed by atoms with Gasteiger partial charge < -0.3 is 10.5 Å². The predicted octanol–water partition coefficient (Wildman–Crippen LogP) is 2.40. The fraction of sp³-hybridized carbons (Fsp3) is 0.769. The molecule has 6 heteroatoms. The molecule has 1 heterocycles. The van der Waals surface area contributed by atoms with E-state index in [1.807, 2.05) is 0 Å². The van der Waals surface area contributed by atoms with Crippen molar-refractivity contribution in [2.24, 2.45) is 0 Å². The Hall–Kier alpha value is -1.59. The number of carbonyl (C=O) groups excluding carboxylic acids is 1. The molecule has 19 heavy (non-hydrogen) atoms. The van der Waals surface area contributed by atoms with Crippen LogP contribution in [0.2, 0.25) is 0 Å². The van der Waals surface area contributed by atoms with Gasteiger partial charge in [-0.15, -0.1) is 5.10 Å². The zero-order valence-electron chi connectivity index (χ0n) is 12.1. The van der Waals surface area contributed by atoms with Crippen molar-refractivity contribution < 1.29 is 9.53 Å². The van der Waals surface area contributed by atoms with Gasteiger partial charge in [0.05, 0.1) is 6.10 Å². The lowest BCUT2D eigenvalue weighted by molar-refractivity contribution is 0.0372. The highest BCUT2D eigenvalue weighted by Crippen LogP contribution is 2.12. The van der Waals surface area contributed by atoms with Crippen molar-refractivity contribution in [3.8, 4) is 0 Å². The number of anilines is 1. The third kappa shape index (κ3) is 4.89. The van der Waals surface area contributed by atoms with Crippen molar-refractivity contribution >= 4 is 11.8 Å². The number of carbonyl (C=O) groups is 1. The SMILES string of the molecule is CCCCCCCn1nnc(C(=O)OC(C)C)c1N. The summed E-state index contributed by atoms with van der Waals surface area (Å²) in [5.74, 6) is -0.217. The molecule has 0 radical (unpaired) electrons. The highest BCUT2D eigenvalue weighted by atomic mass is 16.5. The topological polar surface area (TPSA) is 83.0 Å². The molecule has 2 N–H and O–H groups in total. The van der Waals surface area contributed by atoms with E-state index in [2.05, 4.69) is 17.2 Å². The van der Waals surface area contributed by atoms with Crippen LogP contribution in [0.3, 0.4) is 0 Å². The number of aryl methyl sites for hydroxylation is 1. The van der Waals surface area contributed by atoms with Gasteiger partial charge in [-0.1, -0.05) is 37.8 Å². The van der Waals surface area contributed by atoms with E-state index in [-0.39, 0.29) is 11.8 Å². The highest BCUT2D eigenvalue weighted by Gasteiger charge is 2.19. The van der Waals surface area contributed by atoms with Crippen LogP contribution in [0.25, 0.3) is 0 Å². The number of nitrogens with zero attached hydrogens (tertiary/aromatic N) is 3. The molecule has 0 aliphatic carbocycles. The van der Waals surface area contributed by atoms with Crippen LogP contribution >= 0.6 is 0 Å². The van der Waals surface area contributed by atoms with Crippen molar-refractivity contribution in [1.82, 2.24) is 15.0 Å². The number of hydrogen-bond acceptors (Lipinski definition) is 5. The Morgan fingerprint density at radius 2 is 2.00 bits per heavy atom. The molecule has 1 rings (SSSR count). The van der Waals surface area contributed by atoms with Gasteiger partial charge in [-0.25, -0.2) is 9.48 Å². The van der Waals surface area contributed by atoms with Crippen molar-refractivity contribution in [2.45, 2.75) is 65.5 Å². The molecule has 1 aromatic heterocycles. The predicted molar refractivity (Wildman–Crippen MR) is 73.7 cm³/mol. The van der Waals surface area contributed by atoms with Crippen molar-refractivity contribution in [3.05, 3.63) is 5.69 Å². The summed E-state index contributed by atoms with van der Waals surface area (Å²) in [7, 11) is 0. The standard InChI is InChI=1S/C13H24N4O2/c1-4-5-6-7-8-9-17-12(14)11(15-16-17)13(18)19-10(2)3/h10H,4-9,14H2,1-3H3. The third-order valence-electron chi connectivity index (χ3n) is 2.78. The summed E-state index contributed by atoms with van der Waals surface area (Å²) in [5.41, 5.74) is 5.97. The molecule has 1 aromatic rings. The maximum atomic E-state index is 11.7. The molecule has 0 saturated heterocycles. The molecule has 0 bridgehead atoms. The zero-order chi connectivity index (χ0) is 14.3. The van der Waals surface area contributed by atoms with Crippen LogP contribution in [0.4, 0.5) is 5.82 Å². The van der Waals surface area contributed by atoms with Gasteiger partial charge in [0.25, 0.3) is 0 Å². The molecule has 6 nitrogen and oxygen atoms in total. The van der Waals surface area contributed by atoms with E-state index in [0.717, 1.165) is 12.8 Å². The van der Waals surface area contributed by atoms with Crippen LogP contribution in [0.5, 0.6) is 0 Å². The Balaban J connectivity index is 2.49. The molecule has 0 saturated carbocycles. The molecule has 0 fully saturated rings. The summed E-state index contributed by atoms with van der Waals surface area (Å²) < 4.78 is 6.63. The quantitative estimate of drug-likeness (QED) is 0.578. The fourth-order valence-electron chi connectivity index (χ4n) is 1.77. The minimum absolute atomic E-state index is 0.113. The molecule has 0 aliphatic rings. The van der Waals surface area contributed by atoms with E-state index >= 15 is 0 Å². The second-order valence-electron chi connectivity index (χ2n) is 4.91. The summed E-state index contributed by atoms with van der Waals surface area (Å²) in [6.45, 7) is 6.44. The number of aromatic nitrogens is 3. The average Bonchev–Trinajstić information content (AvgIpc) is 2.70. The van der Waals surface area contributed by atoms with Crippen LogP contribution in [0, 0.1) is 0 Å². The first-order valence-corrected chi connectivity index (χ1v) is 6.96. The normalized spacial score (nSPS) is 10.9. The fourth-order valence-corrected chi connectivity index (χ4v) is 1.77. The summed E-state index contributed by atoms with van der Waals surface area (Å²) >= 11 is 0. The Labute approximate surface area is 114 Å². The van der Waals surface area contributed by atoms with Gasteiger partial charge in [-0.3, -0.25) is 0 Å². The van der Waals surface area contributed by atoms with Crippen molar-refractivity contribution in [3.63, 3.8) is 0 Å². The minimum Gasteiger partial charge on any atom is -0.458 e. The van der Waals surface area contributed by atoms with Crippen LogP contribution in [-0.4, -0.2) is 27.1 Å². The highest BCUT2D eigenvalue weighted by molar-refractivity contribution is 5.91. The smallest absolute Gasteiger partial charge is 0.363 e. The molecule has 0 spiro atoms. The number of rotatable bonds is 8. The number of unbranched alkanes of at least 4 members (excludes halogenated alkanes) is 4. The molecule has 0 atom stereocenters. The first-order chi connectivity index (χ1) is 9.06. The Kier molecular flexibility index (Phi) is 6.32. The van der Waals surface area contributed by atoms with Crippen LogP contribution in [0.1, 0.15) is 63.4 Å². The molecule has 0 aromatic carbocycles. The lowest BCUT2D eigenvalue weighted by atomic mass is 10.1. The maximum Gasteiger partial charge on any atom is 0.363 e. The first kappa shape index (κ1) is 15.5. The number of nitrogens with two attached hydrogens (primary N) is 1. The molecule has 108 valence electrons. The largest absolute Gasteiger partial charge is 0.458 e. The average molecular weight is 268 g/mol. The number of nitrogen functional groups attached to an aromatic ring is 1. The first-order valence-electron chi connectivity index (χ1n) is 6.96. The van der Waals surface area contributed by atoms with Crippen molar-refractivity contribution in [1.29, 1.82) is 0 Å². The molecule has 0 amide bonds. The summed E-state index contributed by atoms with van der Waals surface area (Å²) in [6.07, 6.45) is 5.62. The van der Waals surface area contributed by atoms with Gasteiger partial charge in [0.1, 0.15) is 0 Å². The van der Waals surface area contributed by atoms with Crippen molar-refractivity contribution in [2.75, 3.05) is 5.73 Å². The summed E-state index contributed by atoms with van der Waals surface area (Å²) in [5, 5.41) is 7.70. The Morgan fingerprint density at radius 3 is 2.63 bits per heavy atom. The second kappa shape index (κ2) is 7.76. The van der Waals surface area contributed by atoms with E-state index in [0.29, 0.717) is 12.4 Å². The van der Waals surface area contributed by atoms with E-state index in [4.69, 9.17) is 10.5 Å². The Bertz CT molecular complexity index is 401. The van der Waals surface area contributed by atoms with Crippen LogP contribution in [0.15, 0.2) is 0 Å². The van der Waals surface area contributed by atoms with Gasteiger partial charge in [0.2, 0.25) is 5.69 Å². The van der Waals surface area contributed by atoms with Crippen LogP contribution in [-0.2, 0) is 11.3 Å². The van der Waals surface area contributed by atoms with Gasteiger partial charge in [0.15, 0.2) is 5.82 Å². The lowest BCUT2D eigenvalue weighted by Gasteiger charge is -2.06. The third-order valence-corrected chi connectivity index (χ3v) is 2.78. The van der Waals surface area contributed by atoms with Crippen LogP contribution < -0.4 is 5.73 Å². The van der Waals surface area contributed by atoms with Gasteiger partial charge in [-0.2, -0.15) is 0 Å². The van der Waals surface area contributed by atoms with E-state index in [1.54, 1.807) is 18.5 Å². The van der Waals surface area contributed by atoms with Gasteiger partial charge >= 0.3 is 5.97 Å². The monoisotopic (exact) mass is 268 g/mol. The molecule has 0 unspecified atom stereocenters. The van der Waals surface area contributed by atoms with Gasteiger partial charge in [-0.05, 0) is 20.3 Å². The summed E-state index contributed by atoms with van der Waals surface area (Å²) in [4.78, 5) is 11.7. The summed E-state index contributed by atoms with van der Waals surface area (Å²) in [6, 6.07) is 0. The van der Waals surface area contributed by atoms with Gasteiger partial charge in [0, 0.05) is 6.54 Å². The maximum absolute atomic E-state index is 11.7. The molecule has 0 aliphatic heterocycles. The number of hydrogen-bond donors (Lipinski definition) is 1. The molecular weight excluding hydrogens is 244 g/mol. The van der Waals surface area contributed by atoms with E-state index < -0.39 is 5.97 Å². The van der Waals surface area contributed by atoms with E-state index in [1.165, 1.54) is 19.3 Å². The minimum atomic E-state index is -0.510. The lowest BCUT2D eigenvalue weighted by Crippen LogP contribution is -2.14. The second-order valence-corrected chi connectivity index (χ2v) is 4.91. The molecular formula is C13H24N4O2.